The number of nitrogens with one attached hydrogen (secondary N) is 1. The highest BCUT2D eigenvalue weighted by Gasteiger charge is 2.53. The highest BCUT2D eigenvalue weighted by atomic mass is 16.5. The third-order valence-corrected chi connectivity index (χ3v) is 7.22. The number of carbonyl (C=O) groups excluding carboxylic acids is 1. The van der Waals surface area contributed by atoms with E-state index in [1.165, 1.54) is 44.1 Å². The van der Waals surface area contributed by atoms with Crippen molar-refractivity contribution in [1.29, 1.82) is 0 Å². The maximum absolute atomic E-state index is 12.4. The normalized spacial score (nSPS) is 33.1. The number of amides is 1. The van der Waals surface area contributed by atoms with Crippen LogP contribution >= 0.6 is 0 Å². The molecular weight excluding hydrogens is 322 g/mol. The largest absolute Gasteiger partial charge is 0.494 e. The SMILES string of the molecule is Cc1ccc(OCCCC(=O)NC(C)C23CC4CC(CC(C4)C2)C3)cc1. The zero-order chi connectivity index (χ0) is 18.1. The van der Waals surface area contributed by atoms with E-state index in [4.69, 9.17) is 4.74 Å². The van der Waals surface area contributed by atoms with E-state index >= 15 is 0 Å². The summed E-state index contributed by atoms with van der Waals surface area (Å²) >= 11 is 0. The van der Waals surface area contributed by atoms with E-state index in [2.05, 4.69) is 31.3 Å². The van der Waals surface area contributed by atoms with Crippen LogP contribution in [-0.2, 0) is 4.79 Å². The molecule has 0 aromatic heterocycles. The van der Waals surface area contributed by atoms with Crippen LogP contribution < -0.4 is 10.1 Å². The Balaban J connectivity index is 1.21. The summed E-state index contributed by atoms with van der Waals surface area (Å²) in [6.45, 7) is 4.93. The second-order valence-electron chi connectivity index (χ2n) is 9.33. The van der Waals surface area contributed by atoms with Gasteiger partial charge < -0.3 is 10.1 Å². The first-order valence-corrected chi connectivity index (χ1v) is 10.5. The fourth-order valence-corrected chi connectivity index (χ4v) is 6.23. The first-order chi connectivity index (χ1) is 12.5. The maximum atomic E-state index is 12.4. The number of rotatable bonds is 7. The second kappa shape index (κ2) is 7.25. The average Bonchev–Trinajstić information content (AvgIpc) is 2.59. The van der Waals surface area contributed by atoms with Gasteiger partial charge in [-0.1, -0.05) is 17.7 Å². The molecule has 4 saturated carbocycles. The quantitative estimate of drug-likeness (QED) is 0.708. The number of benzene rings is 1. The van der Waals surface area contributed by atoms with Crippen LogP contribution in [-0.4, -0.2) is 18.6 Å². The van der Waals surface area contributed by atoms with Crippen molar-refractivity contribution in [1.82, 2.24) is 5.32 Å². The lowest BCUT2D eigenvalue weighted by molar-refractivity contribution is -0.126. The van der Waals surface area contributed by atoms with Crippen molar-refractivity contribution in [3.63, 3.8) is 0 Å². The molecule has 3 nitrogen and oxygen atoms in total. The molecule has 0 aliphatic heterocycles. The molecule has 1 amide bonds. The van der Waals surface area contributed by atoms with Crippen molar-refractivity contribution in [3.8, 4) is 5.75 Å². The summed E-state index contributed by atoms with van der Waals surface area (Å²) in [5.41, 5.74) is 1.62. The lowest BCUT2D eigenvalue weighted by Crippen LogP contribution is -2.55. The molecule has 1 unspecified atom stereocenters. The molecule has 0 heterocycles. The van der Waals surface area contributed by atoms with Crippen molar-refractivity contribution >= 4 is 5.91 Å². The first kappa shape index (κ1) is 17.9. The molecule has 1 N–H and O–H groups in total. The Hall–Kier alpha value is -1.51. The van der Waals surface area contributed by atoms with Crippen LogP contribution in [0.15, 0.2) is 24.3 Å². The Kier molecular flexibility index (Phi) is 4.98. The number of hydrogen-bond acceptors (Lipinski definition) is 2. The molecule has 0 spiro atoms. The van der Waals surface area contributed by atoms with Gasteiger partial charge in [-0.15, -0.1) is 0 Å². The van der Waals surface area contributed by atoms with Crippen LogP contribution in [0.1, 0.15) is 63.9 Å². The predicted octanol–water partition coefficient (Wildman–Crippen LogP) is 4.88. The van der Waals surface area contributed by atoms with Crippen LogP contribution in [0, 0.1) is 30.1 Å². The van der Waals surface area contributed by atoms with Crippen molar-refractivity contribution in [2.24, 2.45) is 23.2 Å². The highest BCUT2D eigenvalue weighted by molar-refractivity contribution is 5.76. The monoisotopic (exact) mass is 355 g/mol. The van der Waals surface area contributed by atoms with Gasteiger partial charge in [0, 0.05) is 12.5 Å². The predicted molar refractivity (Wildman–Crippen MR) is 104 cm³/mol. The third kappa shape index (κ3) is 3.77. The van der Waals surface area contributed by atoms with Gasteiger partial charge in [0.2, 0.25) is 5.91 Å². The molecule has 5 rings (SSSR count). The van der Waals surface area contributed by atoms with Crippen LogP contribution in [0.25, 0.3) is 0 Å². The van der Waals surface area contributed by atoms with E-state index in [9.17, 15) is 4.79 Å². The molecule has 4 aliphatic rings. The summed E-state index contributed by atoms with van der Waals surface area (Å²) < 4.78 is 5.74. The molecule has 1 atom stereocenters. The molecule has 4 fully saturated rings. The van der Waals surface area contributed by atoms with Gasteiger partial charge in [-0.2, -0.15) is 0 Å². The van der Waals surface area contributed by atoms with E-state index in [1.54, 1.807) is 0 Å². The second-order valence-corrected chi connectivity index (χ2v) is 9.33. The van der Waals surface area contributed by atoms with E-state index < -0.39 is 0 Å². The van der Waals surface area contributed by atoms with Gasteiger partial charge in [-0.25, -0.2) is 0 Å². The molecule has 3 heteroatoms. The highest BCUT2D eigenvalue weighted by Crippen LogP contribution is 2.61. The van der Waals surface area contributed by atoms with Crippen LogP contribution in [0.2, 0.25) is 0 Å². The van der Waals surface area contributed by atoms with Crippen LogP contribution in [0.3, 0.4) is 0 Å². The minimum Gasteiger partial charge on any atom is -0.494 e. The zero-order valence-electron chi connectivity index (χ0n) is 16.3. The van der Waals surface area contributed by atoms with Gasteiger partial charge in [0.1, 0.15) is 5.75 Å². The Morgan fingerprint density at radius 3 is 2.27 bits per heavy atom. The Morgan fingerprint density at radius 1 is 1.12 bits per heavy atom. The molecule has 4 aliphatic carbocycles. The molecule has 142 valence electrons. The molecule has 26 heavy (non-hydrogen) atoms. The lowest BCUT2D eigenvalue weighted by Gasteiger charge is -2.59. The summed E-state index contributed by atoms with van der Waals surface area (Å²) in [6, 6.07) is 8.40. The summed E-state index contributed by atoms with van der Waals surface area (Å²) in [5, 5.41) is 3.35. The fourth-order valence-electron chi connectivity index (χ4n) is 6.23. The molecular formula is C23H33NO2. The average molecular weight is 356 g/mol. The van der Waals surface area contributed by atoms with Crippen LogP contribution in [0.5, 0.6) is 5.75 Å². The lowest BCUT2D eigenvalue weighted by atomic mass is 9.48. The fraction of sp³-hybridized carbons (Fsp3) is 0.696. The smallest absolute Gasteiger partial charge is 0.220 e. The molecule has 1 aromatic carbocycles. The van der Waals surface area contributed by atoms with Crippen molar-refractivity contribution in [2.75, 3.05) is 6.61 Å². The Bertz CT molecular complexity index is 601. The van der Waals surface area contributed by atoms with E-state index in [-0.39, 0.29) is 5.91 Å². The van der Waals surface area contributed by atoms with E-state index in [0.29, 0.717) is 24.5 Å². The van der Waals surface area contributed by atoms with Gasteiger partial charge in [0.05, 0.1) is 6.61 Å². The van der Waals surface area contributed by atoms with Crippen molar-refractivity contribution < 1.29 is 9.53 Å². The minimum atomic E-state index is 0.195. The molecule has 0 saturated heterocycles. The summed E-state index contributed by atoms with van der Waals surface area (Å²) in [7, 11) is 0. The number of hydrogen-bond donors (Lipinski definition) is 1. The van der Waals surface area contributed by atoms with Gasteiger partial charge in [0.25, 0.3) is 0 Å². The van der Waals surface area contributed by atoms with Gasteiger partial charge in [-0.05, 0) is 94.1 Å². The van der Waals surface area contributed by atoms with Crippen LogP contribution in [0.4, 0.5) is 0 Å². The third-order valence-electron chi connectivity index (χ3n) is 7.22. The molecule has 1 aromatic rings. The topological polar surface area (TPSA) is 38.3 Å². The first-order valence-electron chi connectivity index (χ1n) is 10.5. The van der Waals surface area contributed by atoms with E-state index in [1.807, 2.05) is 12.1 Å². The Morgan fingerprint density at radius 2 is 1.69 bits per heavy atom. The summed E-state index contributed by atoms with van der Waals surface area (Å²) in [6.07, 6.45) is 9.73. The zero-order valence-corrected chi connectivity index (χ0v) is 16.3. The van der Waals surface area contributed by atoms with Gasteiger partial charge >= 0.3 is 0 Å². The van der Waals surface area contributed by atoms with Crippen molar-refractivity contribution in [2.45, 2.75) is 71.3 Å². The number of aryl methyl sites for hydroxylation is 1. The minimum absolute atomic E-state index is 0.195. The number of carbonyl (C=O) groups is 1. The van der Waals surface area contributed by atoms with Crippen molar-refractivity contribution in [3.05, 3.63) is 29.8 Å². The summed E-state index contributed by atoms with van der Waals surface area (Å²) in [5.74, 6) is 3.88. The van der Waals surface area contributed by atoms with Gasteiger partial charge in [0.15, 0.2) is 0 Å². The Labute approximate surface area is 157 Å². The maximum Gasteiger partial charge on any atom is 0.220 e. The van der Waals surface area contributed by atoms with Gasteiger partial charge in [-0.3, -0.25) is 4.79 Å². The number of ether oxygens (including phenoxy) is 1. The summed E-state index contributed by atoms with van der Waals surface area (Å²) in [4.78, 5) is 12.4. The molecule has 0 radical (unpaired) electrons. The molecule has 4 bridgehead atoms. The van der Waals surface area contributed by atoms with E-state index in [0.717, 1.165) is 29.9 Å². The standard InChI is InChI=1S/C23H33NO2/c1-16-5-7-21(8-6-16)26-9-3-4-22(25)24-17(2)23-13-18-10-19(14-23)12-20(11-18)15-23/h5-8,17-20H,3-4,9-15H2,1-2H3,(H,24,25).